The number of hydrogen-bond donors (Lipinski definition) is 1. The quantitative estimate of drug-likeness (QED) is 0.906. The van der Waals surface area contributed by atoms with Gasteiger partial charge in [0.2, 0.25) is 5.95 Å². The Kier molecular flexibility index (Phi) is 3.57. The number of aryl methyl sites for hydroxylation is 1. The zero-order chi connectivity index (χ0) is 16.8. The number of fused-ring (bicyclic) bond motifs is 1. The van der Waals surface area contributed by atoms with Crippen molar-refractivity contribution in [2.75, 3.05) is 23.7 Å². The molecule has 0 spiro atoms. The van der Waals surface area contributed by atoms with E-state index < -0.39 is 0 Å². The van der Waals surface area contributed by atoms with Crippen molar-refractivity contribution in [1.29, 1.82) is 0 Å². The van der Waals surface area contributed by atoms with Crippen LogP contribution in [0.2, 0.25) is 5.02 Å². The van der Waals surface area contributed by atoms with E-state index in [0.29, 0.717) is 23.7 Å². The van der Waals surface area contributed by atoms with Gasteiger partial charge in [-0.15, -0.1) is 0 Å². The highest BCUT2D eigenvalue weighted by atomic mass is 35.5. The summed E-state index contributed by atoms with van der Waals surface area (Å²) in [5.41, 5.74) is 9.25. The zero-order valence-electron chi connectivity index (χ0n) is 13.4. The van der Waals surface area contributed by atoms with Crippen LogP contribution in [0.3, 0.4) is 0 Å². The van der Waals surface area contributed by atoms with E-state index in [1.165, 1.54) is 0 Å². The lowest BCUT2D eigenvalue weighted by molar-refractivity contribution is 0.0750. The van der Waals surface area contributed by atoms with Gasteiger partial charge in [0.1, 0.15) is 5.82 Å². The Morgan fingerprint density at radius 1 is 1.25 bits per heavy atom. The van der Waals surface area contributed by atoms with E-state index in [9.17, 15) is 4.79 Å². The topological polar surface area (TPSA) is 75.3 Å². The number of carbonyl (C=O) groups is 1. The first-order valence-electron chi connectivity index (χ1n) is 7.98. The van der Waals surface area contributed by atoms with Gasteiger partial charge in [0.25, 0.3) is 5.91 Å². The van der Waals surface area contributed by atoms with Crippen LogP contribution in [0.1, 0.15) is 33.6 Å². The molecule has 0 unspecified atom stereocenters. The van der Waals surface area contributed by atoms with Crippen molar-refractivity contribution in [1.82, 2.24) is 14.9 Å². The molecule has 2 N–H and O–H groups in total. The summed E-state index contributed by atoms with van der Waals surface area (Å²) in [4.78, 5) is 25.5. The fraction of sp³-hybridized carbons (Fsp3) is 0.353. The van der Waals surface area contributed by atoms with Crippen LogP contribution in [0, 0.1) is 6.92 Å². The monoisotopic (exact) mass is 343 g/mol. The number of hydrogen-bond acceptors (Lipinski definition) is 5. The van der Waals surface area contributed by atoms with Gasteiger partial charge in [0.05, 0.1) is 18.8 Å². The molecule has 4 rings (SSSR count). The molecule has 2 aromatic rings. The Bertz CT molecular complexity index is 834. The van der Waals surface area contributed by atoms with Crippen LogP contribution in [0.4, 0.5) is 11.8 Å². The van der Waals surface area contributed by atoms with Crippen molar-refractivity contribution >= 4 is 29.3 Å². The highest BCUT2D eigenvalue weighted by Crippen LogP contribution is 2.33. The smallest absolute Gasteiger partial charge is 0.254 e. The molecule has 1 saturated heterocycles. The summed E-state index contributed by atoms with van der Waals surface area (Å²) in [6, 6.07) is 5.34. The molecular formula is C17H18ClN5O. The van der Waals surface area contributed by atoms with Crippen LogP contribution in [0.15, 0.2) is 18.2 Å². The fourth-order valence-electron chi connectivity index (χ4n) is 3.15. The third kappa shape index (κ3) is 2.47. The van der Waals surface area contributed by atoms with Crippen LogP contribution >= 0.6 is 11.6 Å². The van der Waals surface area contributed by atoms with Crippen LogP contribution in [0.25, 0.3) is 0 Å². The second-order valence-electron chi connectivity index (χ2n) is 6.30. The summed E-state index contributed by atoms with van der Waals surface area (Å²) < 4.78 is 0. The molecule has 1 aromatic carbocycles. The highest BCUT2D eigenvalue weighted by molar-refractivity contribution is 6.31. The van der Waals surface area contributed by atoms with Crippen LogP contribution in [-0.2, 0) is 13.1 Å². The third-order valence-corrected chi connectivity index (χ3v) is 5.05. The molecule has 7 heteroatoms. The van der Waals surface area contributed by atoms with Crippen molar-refractivity contribution in [3.63, 3.8) is 0 Å². The van der Waals surface area contributed by atoms with Gasteiger partial charge in [0.15, 0.2) is 0 Å². The SMILES string of the molecule is Cc1cc(C(=O)N2Cc3nc(N)nc(N4CCC4)c3C2)ccc1Cl. The van der Waals surface area contributed by atoms with Gasteiger partial charge in [-0.1, -0.05) is 11.6 Å². The van der Waals surface area contributed by atoms with E-state index in [1.54, 1.807) is 17.0 Å². The van der Waals surface area contributed by atoms with Gasteiger partial charge >= 0.3 is 0 Å². The highest BCUT2D eigenvalue weighted by Gasteiger charge is 2.31. The largest absolute Gasteiger partial charge is 0.368 e. The summed E-state index contributed by atoms with van der Waals surface area (Å²) in [5, 5.41) is 0.662. The van der Waals surface area contributed by atoms with Crippen molar-refractivity contribution in [2.24, 2.45) is 0 Å². The predicted octanol–water partition coefficient (Wildman–Crippen LogP) is 2.39. The van der Waals surface area contributed by atoms with E-state index in [4.69, 9.17) is 17.3 Å². The van der Waals surface area contributed by atoms with Crippen molar-refractivity contribution in [3.8, 4) is 0 Å². The first-order valence-corrected chi connectivity index (χ1v) is 8.36. The van der Waals surface area contributed by atoms with Gasteiger partial charge in [-0.25, -0.2) is 4.98 Å². The number of benzene rings is 1. The summed E-state index contributed by atoms with van der Waals surface area (Å²) in [6.45, 7) is 4.83. The fourth-order valence-corrected chi connectivity index (χ4v) is 3.27. The van der Waals surface area contributed by atoms with E-state index in [0.717, 1.165) is 42.1 Å². The standard InChI is InChI=1S/C17H18ClN5O/c1-10-7-11(3-4-13(10)18)16(24)23-8-12-14(9-23)20-17(19)21-15(12)22-5-2-6-22/h3-4,7H,2,5-6,8-9H2,1H3,(H2,19,20,21). The molecule has 2 aliphatic heterocycles. The summed E-state index contributed by atoms with van der Waals surface area (Å²) >= 11 is 6.05. The maximum absolute atomic E-state index is 12.8. The third-order valence-electron chi connectivity index (χ3n) is 4.63. The Morgan fingerprint density at radius 2 is 2.04 bits per heavy atom. The van der Waals surface area contributed by atoms with Crippen molar-refractivity contribution < 1.29 is 4.79 Å². The minimum absolute atomic E-state index is 0.0269. The normalized spacial score (nSPS) is 16.1. The summed E-state index contributed by atoms with van der Waals surface area (Å²) in [7, 11) is 0. The number of anilines is 2. The molecule has 6 nitrogen and oxygen atoms in total. The maximum Gasteiger partial charge on any atom is 0.254 e. The molecule has 1 amide bonds. The second-order valence-corrected chi connectivity index (χ2v) is 6.70. The summed E-state index contributed by atoms with van der Waals surface area (Å²) in [6.07, 6.45) is 1.16. The zero-order valence-corrected chi connectivity index (χ0v) is 14.2. The molecule has 124 valence electrons. The van der Waals surface area contributed by atoms with Crippen LogP contribution in [0.5, 0.6) is 0 Å². The number of nitrogen functional groups attached to an aromatic ring is 1. The lowest BCUT2D eigenvalue weighted by atomic mass is 10.1. The molecular weight excluding hydrogens is 326 g/mol. The number of nitrogens with two attached hydrogens (primary N) is 1. The molecule has 0 aliphatic carbocycles. The average molecular weight is 344 g/mol. The van der Waals surface area contributed by atoms with Gasteiger partial charge in [-0.05, 0) is 37.1 Å². The van der Waals surface area contributed by atoms with Gasteiger partial charge in [-0.3, -0.25) is 4.79 Å². The minimum Gasteiger partial charge on any atom is -0.368 e. The van der Waals surface area contributed by atoms with Crippen molar-refractivity contribution in [2.45, 2.75) is 26.4 Å². The molecule has 1 fully saturated rings. The van der Waals surface area contributed by atoms with Gasteiger partial charge in [-0.2, -0.15) is 4.98 Å². The van der Waals surface area contributed by atoms with Crippen molar-refractivity contribution in [3.05, 3.63) is 45.6 Å². The summed E-state index contributed by atoms with van der Waals surface area (Å²) in [5.74, 6) is 1.12. The van der Waals surface area contributed by atoms with Gasteiger partial charge < -0.3 is 15.5 Å². The van der Waals surface area contributed by atoms with E-state index in [2.05, 4.69) is 14.9 Å². The Hall–Kier alpha value is -2.34. The number of aromatic nitrogens is 2. The van der Waals surface area contributed by atoms with Crippen LogP contribution in [-0.4, -0.2) is 33.9 Å². The first-order chi connectivity index (χ1) is 11.5. The van der Waals surface area contributed by atoms with Crippen LogP contribution < -0.4 is 10.6 Å². The lowest BCUT2D eigenvalue weighted by Gasteiger charge is -2.33. The van der Waals surface area contributed by atoms with E-state index in [-0.39, 0.29) is 11.9 Å². The molecule has 0 saturated carbocycles. The average Bonchev–Trinajstić information content (AvgIpc) is 2.91. The molecule has 3 heterocycles. The number of amides is 1. The number of rotatable bonds is 2. The molecule has 2 aliphatic rings. The molecule has 0 atom stereocenters. The Balaban J connectivity index is 1.63. The minimum atomic E-state index is -0.0269. The molecule has 24 heavy (non-hydrogen) atoms. The Morgan fingerprint density at radius 3 is 2.71 bits per heavy atom. The van der Waals surface area contributed by atoms with E-state index in [1.807, 2.05) is 13.0 Å². The first kappa shape index (κ1) is 15.2. The van der Waals surface area contributed by atoms with E-state index >= 15 is 0 Å². The predicted molar refractivity (Wildman–Crippen MR) is 93.0 cm³/mol. The lowest BCUT2D eigenvalue weighted by Crippen LogP contribution is -2.38. The maximum atomic E-state index is 12.8. The number of halogens is 1. The Labute approximate surface area is 145 Å². The molecule has 1 aromatic heterocycles. The van der Waals surface area contributed by atoms with Gasteiger partial charge in [0, 0.05) is 29.2 Å². The molecule has 0 radical (unpaired) electrons. The number of carbonyl (C=O) groups excluding carboxylic acids is 1. The second kappa shape index (κ2) is 5.63. The number of nitrogens with zero attached hydrogens (tertiary/aromatic N) is 4. The molecule has 0 bridgehead atoms.